The second-order valence-electron chi connectivity index (χ2n) is 4.07. The standard InChI is InChI=1S/C12H16.3C2H6/c1-8-6-9(2)10(3)12(7-8)11-4-5-11;3*1-2/h6-7,11H,4-5H2,1-3H3;3*1-2H3. The molecule has 1 aromatic rings. The summed E-state index contributed by atoms with van der Waals surface area (Å²) in [6, 6.07) is 4.64. The molecule has 0 spiro atoms. The van der Waals surface area contributed by atoms with Crippen molar-refractivity contribution < 1.29 is 0 Å². The molecule has 0 heteroatoms. The Labute approximate surface area is 116 Å². The monoisotopic (exact) mass is 250 g/mol. The van der Waals surface area contributed by atoms with Gasteiger partial charge in [0.25, 0.3) is 0 Å². The molecule has 0 unspecified atom stereocenters. The normalized spacial score (nSPS) is 12.1. The largest absolute Gasteiger partial charge is 0.0683 e. The molecular formula is C18H34. The fraction of sp³-hybridized carbons (Fsp3) is 0.667. The lowest BCUT2D eigenvalue weighted by atomic mass is 9.97. The van der Waals surface area contributed by atoms with Gasteiger partial charge in [0.15, 0.2) is 0 Å². The molecule has 106 valence electrons. The van der Waals surface area contributed by atoms with E-state index in [9.17, 15) is 0 Å². The lowest BCUT2D eigenvalue weighted by molar-refractivity contribution is 1.07. The zero-order chi connectivity index (χ0) is 14.7. The number of rotatable bonds is 1. The molecule has 0 nitrogen and oxygen atoms in total. The molecule has 1 aliphatic rings. The predicted molar refractivity (Wildman–Crippen MR) is 86.7 cm³/mol. The third-order valence-corrected chi connectivity index (χ3v) is 2.87. The second kappa shape index (κ2) is 11.3. The maximum Gasteiger partial charge on any atom is -0.0159 e. The van der Waals surface area contributed by atoms with Gasteiger partial charge in [0.2, 0.25) is 0 Å². The van der Waals surface area contributed by atoms with E-state index < -0.39 is 0 Å². The molecule has 0 aromatic heterocycles. The van der Waals surface area contributed by atoms with Crippen molar-refractivity contribution in [2.75, 3.05) is 0 Å². The Morgan fingerprint density at radius 2 is 1.22 bits per heavy atom. The van der Waals surface area contributed by atoms with Crippen molar-refractivity contribution in [2.45, 2.75) is 81.1 Å². The van der Waals surface area contributed by atoms with E-state index in [4.69, 9.17) is 0 Å². The van der Waals surface area contributed by atoms with Crippen LogP contribution in [-0.2, 0) is 0 Å². The van der Waals surface area contributed by atoms with Gasteiger partial charge in [-0.15, -0.1) is 0 Å². The zero-order valence-electron chi connectivity index (χ0n) is 14.1. The third kappa shape index (κ3) is 6.23. The Kier molecular flexibility index (Phi) is 12.3. The van der Waals surface area contributed by atoms with Gasteiger partial charge in [-0.3, -0.25) is 0 Å². The van der Waals surface area contributed by atoms with Gasteiger partial charge >= 0.3 is 0 Å². The highest BCUT2D eigenvalue weighted by molar-refractivity contribution is 5.40. The van der Waals surface area contributed by atoms with Gasteiger partial charge in [-0.25, -0.2) is 0 Å². The van der Waals surface area contributed by atoms with E-state index in [-0.39, 0.29) is 0 Å². The summed E-state index contributed by atoms with van der Waals surface area (Å²) in [5, 5.41) is 0. The number of hydrogen-bond donors (Lipinski definition) is 0. The van der Waals surface area contributed by atoms with E-state index in [0.29, 0.717) is 0 Å². The van der Waals surface area contributed by atoms with Gasteiger partial charge in [-0.05, 0) is 56.2 Å². The number of hydrogen-bond acceptors (Lipinski definition) is 0. The number of aryl methyl sites for hydroxylation is 2. The van der Waals surface area contributed by atoms with Crippen molar-refractivity contribution in [1.82, 2.24) is 0 Å². The van der Waals surface area contributed by atoms with Crippen LogP contribution in [0.15, 0.2) is 12.1 Å². The van der Waals surface area contributed by atoms with E-state index >= 15 is 0 Å². The van der Waals surface area contributed by atoms with Crippen LogP contribution in [0, 0.1) is 20.8 Å². The first kappa shape index (κ1) is 19.6. The molecule has 0 atom stereocenters. The van der Waals surface area contributed by atoms with Gasteiger partial charge in [0.05, 0.1) is 0 Å². The average molecular weight is 250 g/mol. The summed E-state index contributed by atoms with van der Waals surface area (Å²) in [4.78, 5) is 0. The molecule has 1 saturated carbocycles. The summed E-state index contributed by atoms with van der Waals surface area (Å²) >= 11 is 0. The van der Waals surface area contributed by atoms with Crippen molar-refractivity contribution >= 4 is 0 Å². The Balaban J connectivity index is 0. The van der Waals surface area contributed by atoms with E-state index in [0.717, 1.165) is 5.92 Å². The fourth-order valence-electron chi connectivity index (χ4n) is 1.89. The van der Waals surface area contributed by atoms with Gasteiger partial charge in [0.1, 0.15) is 0 Å². The Bertz CT molecular complexity index is 306. The summed E-state index contributed by atoms with van der Waals surface area (Å²) in [6.07, 6.45) is 2.81. The van der Waals surface area contributed by atoms with E-state index in [2.05, 4.69) is 32.9 Å². The first-order valence-electron chi connectivity index (χ1n) is 7.76. The van der Waals surface area contributed by atoms with E-state index in [1.807, 2.05) is 41.5 Å². The quantitative estimate of drug-likeness (QED) is 0.529. The summed E-state index contributed by atoms with van der Waals surface area (Å²) in [5.41, 5.74) is 5.99. The van der Waals surface area contributed by atoms with Crippen LogP contribution >= 0.6 is 0 Å². The average Bonchev–Trinajstić information content (AvgIpc) is 3.25. The molecule has 0 saturated heterocycles. The molecule has 0 bridgehead atoms. The maximum atomic E-state index is 2.36. The minimum atomic E-state index is 0.892. The molecule has 18 heavy (non-hydrogen) atoms. The van der Waals surface area contributed by atoms with Crippen molar-refractivity contribution in [3.05, 3.63) is 34.4 Å². The second-order valence-corrected chi connectivity index (χ2v) is 4.07. The van der Waals surface area contributed by atoms with Crippen molar-refractivity contribution in [3.8, 4) is 0 Å². The van der Waals surface area contributed by atoms with Crippen LogP contribution in [0.4, 0.5) is 0 Å². The molecule has 0 heterocycles. The molecule has 0 radical (unpaired) electrons. The van der Waals surface area contributed by atoms with Crippen LogP contribution in [0.5, 0.6) is 0 Å². The van der Waals surface area contributed by atoms with E-state index in [1.54, 1.807) is 5.56 Å². The van der Waals surface area contributed by atoms with Crippen LogP contribution in [-0.4, -0.2) is 0 Å². The molecule has 0 aliphatic heterocycles. The summed E-state index contributed by atoms with van der Waals surface area (Å²) < 4.78 is 0. The predicted octanol–water partition coefficient (Wildman–Crippen LogP) is 6.57. The molecule has 0 N–H and O–H groups in total. The van der Waals surface area contributed by atoms with Crippen LogP contribution in [0.2, 0.25) is 0 Å². The highest BCUT2D eigenvalue weighted by atomic mass is 14.3. The topological polar surface area (TPSA) is 0 Å². The van der Waals surface area contributed by atoms with E-state index in [1.165, 1.54) is 29.5 Å². The molecule has 1 aromatic carbocycles. The highest BCUT2D eigenvalue weighted by Crippen LogP contribution is 2.42. The smallest absolute Gasteiger partial charge is 0.0159 e. The third-order valence-electron chi connectivity index (χ3n) is 2.87. The van der Waals surface area contributed by atoms with Gasteiger partial charge in [-0.1, -0.05) is 59.2 Å². The van der Waals surface area contributed by atoms with Gasteiger partial charge in [0, 0.05) is 0 Å². The Morgan fingerprint density at radius 3 is 1.61 bits per heavy atom. The van der Waals surface area contributed by atoms with Gasteiger partial charge < -0.3 is 0 Å². The van der Waals surface area contributed by atoms with Crippen LogP contribution in [0.3, 0.4) is 0 Å². The lowest BCUT2D eigenvalue weighted by Gasteiger charge is -2.08. The van der Waals surface area contributed by atoms with Crippen molar-refractivity contribution in [2.24, 2.45) is 0 Å². The van der Waals surface area contributed by atoms with Crippen LogP contribution in [0.25, 0.3) is 0 Å². The first-order chi connectivity index (χ1) is 8.68. The Morgan fingerprint density at radius 1 is 0.778 bits per heavy atom. The minimum Gasteiger partial charge on any atom is -0.0683 e. The molecular weight excluding hydrogens is 216 g/mol. The van der Waals surface area contributed by atoms with Crippen LogP contribution < -0.4 is 0 Å². The molecule has 0 amide bonds. The van der Waals surface area contributed by atoms with Crippen LogP contribution in [0.1, 0.15) is 82.6 Å². The molecule has 2 rings (SSSR count). The van der Waals surface area contributed by atoms with Gasteiger partial charge in [-0.2, -0.15) is 0 Å². The van der Waals surface area contributed by atoms with Crippen molar-refractivity contribution in [1.29, 1.82) is 0 Å². The SMILES string of the molecule is CC.CC.CC.Cc1cc(C)c(C)c(C2CC2)c1. The summed E-state index contributed by atoms with van der Waals surface area (Å²) in [7, 11) is 0. The fourth-order valence-corrected chi connectivity index (χ4v) is 1.89. The summed E-state index contributed by atoms with van der Waals surface area (Å²) in [5.74, 6) is 0.892. The summed E-state index contributed by atoms with van der Waals surface area (Å²) in [6.45, 7) is 18.7. The van der Waals surface area contributed by atoms with Crippen molar-refractivity contribution in [3.63, 3.8) is 0 Å². The molecule has 1 fully saturated rings. The minimum absolute atomic E-state index is 0.892. The lowest BCUT2D eigenvalue weighted by Crippen LogP contribution is -1.91. The molecule has 1 aliphatic carbocycles. The Hall–Kier alpha value is -0.780. The highest BCUT2D eigenvalue weighted by Gasteiger charge is 2.25. The first-order valence-corrected chi connectivity index (χ1v) is 7.76. The zero-order valence-corrected chi connectivity index (χ0v) is 14.1. The maximum absolute atomic E-state index is 2.36. The number of benzene rings is 1.